The quantitative estimate of drug-likeness (QED) is 0.143. The highest BCUT2D eigenvalue weighted by Crippen LogP contribution is 2.06. The van der Waals surface area contributed by atoms with Crippen molar-refractivity contribution in [1.82, 2.24) is 16.0 Å². The maximum absolute atomic E-state index is 12.6. The molecule has 0 spiro atoms. The molecule has 0 fully saturated rings. The first kappa shape index (κ1) is 28.6. The minimum Gasteiger partial charge on any atom is -0.481 e. The van der Waals surface area contributed by atoms with Gasteiger partial charge >= 0.3 is 11.9 Å². The summed E-state index contributed by atoms with van der Waals surface area (Å²) in [4.78, 5) is 59.0. The molecule has 8 N–H and O–H groups in total. The van der Waals surface area contributed by atoms with E-state index in [1.807, 2.05) is 19.2 Å². The molecule has 0 aliphatic rings. The Morgan fingerprint density at radius 1 is 0.903 bits per heavy atom. The van der Waals surface area contributed by atoms with Crippen LogP contribution in [-0.4, -0.2) is 87.8 Å². The van der Waals surface area contributed by atoms with Gasteiger partial charge in [0.25, 0.3) is 0 Å². The molecule has 0 bridgehead atoms. The fourth-order valence-electron chi connectivity index (χ4n) is 2.51. The Labute approximate surface area is 184 Å². The number of carboxylic acid groups (broad SMARTS) is 2. The van der Waals surface area contributed by atoms with E-state index >= 15 is 0 Å². The van der Waals surface area contributed by atoms with Gasteiger partial charge in [-0.25, -0.2) is 4.79 Å². The normalized spacial score (nSPS) is 14.8. The van der Waals surface area contributed by atoms with Crippen LogP contribution in [0.3, 0.4) is 0 Å². The molecule has 0 rings (SSSR count). The van der Waals surface area contributed by atoms with Gasteiger partial charge in [-0.15, -0.1) is 0 Å². The van der Waals surface area contributed by atoms with Gasteiger partial charge < -0.3 is 37.0 Å². The maximum atomic E-state index is 12.6. The highest BCUT2D eigenvalue weighted by atomic mass is 32.2. The molecule has 12 nitrogen and oxygen atoms in total. The van der Waals surface area contributed by atoms with E-state index in [9.17, 15) is 29.1 Å². The van der Waals surface area contributed by atoms with Gasteiger partial charge in [-0.05, 0) is 30.8 Å². The van der Waals surface area contributed by atoms with Crippen LogP contribution in [0.25, 0.3) is 0 Å². The van der Waals surface area contributed by atoms with Gasteiger partial charge in [0.05, 0.1) is 19.1 Å². The number of rotatable bonds is 15. The predicted molar refractivity (Wildman–Crippen MR) is 113 cm³/mol. The van der Waals surface area contributed by atoms with Crippen LogP contribution in [0.1, 0.15) is 33.1 Å². The number of aliphatic carboxylic acids is 2. The Kier molecular flexibility index (Phi) is 13.5. The van der Waals surface area contributed by atoms with E-state index in [-0.39, 0.29) is 12.3 Å². The molecular formula is C18H32N4O8S. The number of hydrogen-bond acceptors (Lipinski definition) is 8. The van der Waals surface area contributed by atoms with Gasteiger partial charge in [0.2, 0.25) is 17.7 Å². The van der Waals surface area contributed by atoms with Gasteiger partial charge in [0, 0.05) is 0 Å². The van der Waals surface area contributed by atoms with Crippen molar-refractivity contribution in [3.63, 3.8) is 0 Å². The molecule has 31 heavy (non-hydrogen) atoms. The molecule has 13 heteroatoms. The van der Waals surface area contributed by atoms with Crippen LogP contribution >= 0.6 is 11.8 Å². The second kappa shape index (κ2) is 14.6. The average Bonchev–Trinajstić information content (AvgIpc) is 2.67. The zero-order valence-electron chi connectivity index (χ0n) is 17.8. The Morgan fingerprint density at radius 2 is 1.42 bits per heavy atom. The van der Waals surface area contributed by atoms with Gasteiger partial charge in [-0.2, -0.15) is 11.8 Å². The van der Waals surface area contributed by atoms with E-state index in [1.165, 1.54) is 11.8 Å². The summed E-state index contributed by atoms with van der Waals surface area (Å²) in [5.74, 6) is -4.73. The number of aliphatic hydroxyl groups is 1. The number of nitrogens with one attached hydrogen (secondary N) is 3. The molecule has 0 aromatic rings. The van der Waals surface area contributed by atoms with Crippen LogP contribution in [0.2, 0.25) is 0 Å². The molecule has 178 valence electrons. The topological polar surface area (TPSA) is 208 Å². The third kappa shape index (κ3) is 11.5. The first-order valence-electron chi connectivity index (χ1n) is 9.63. The first-order chi connectivity index (χ1) is 14.4. The highest BCUT2D eigenvalue weighted by molar-refractivity contribution is 7.98. The van der Waals surface area contributed by atoms with E-state index in [0.717, 1.165) is 0 Å². The number of hydrogen-bond donors (Lipinski definition) is 7. The predicted octanol–water partition coefficient (Wildman–Crippen LogP) is -1.88. The highest BCUT2D eigenvalue weighted by Gasteiger charge is 2.30. The minimum atomic E-state index is -1.74. The Hall–Kier alpha value is -2.38. The molecule has 4 atom stereocenters. The van der Waals surface area contributed by atoms with E-state index < -0.39 is 66.9 Å². The van der Waals surface area contributed by atoms with Crippen LogP contribution in [-0.2, 0) is 24.0 Å². The number of amides is 3. The van der Waals surface area contributed by atoms with Crippen molar-refractivity contribution in [1.29, 1.82) is 0 Å². The SMILES string of the molecule is CSCCC(NC(=O)C(N)CC(C)C)C(=O)NC(CO)C(=O)NC(CC(=O)O)C(=O)O. The molecule has 0 saturated heterocycles. The summed E-state index contributed by atoms with van der Waals surface area (Å²) >= 11 is 1.43. The molecule has 3 amide bonds. The van der Waals surface area contributed by atoms with Crippen molar-refractivity contribution in [2.75, 3.05) is 18.6 Å². The lowest BCUT2D eigenvalue weighted by atomic mass is 10.0. The van der Waals surface area contributed by atoms with E-state index in [0.29, 0.717) is 12.2 Å². The standard InChI is InChI=1S/C18H32N4O8S/c1-9(2)6-10(19)15(26)20-11(4-5-31-3)16(27)22-13(8-23)17(28)21-12(18(29)30)7-14(24)25/h9-13,23H,4-8,19H2,1-3H3,(H,20,26)(H,21,28)(H,22,27)(H,24,25)(H,29,30). The van der Waals surface area contributed by atoms with E-state index in [2.05, 4.69) is 10.6 Å². The second-order valence-electron chi connectivity index (χ2n) is 7.32. The van der Waals surface area contributed by atoms with Crippen LogP contribution in [0, 0.1) is 5.92 Å². The molecule has 0 aromatic heterocycles. The Balaban J connectivity index is 5.20. The molecule has 4 unspecified atom stereocenters. The molecule has 0 aliphatic heterocycles. The van der Waals surface area contributed by atoms with Gasteiger partial charge in [0.15, 0.2) is 0 Å². The largest absolute Gasteiger partial charge is 0.481 e. The summed E-state index contributed by atoms with van der Waals surface area (Å²) in [7, 11) is 0. The monoisotopic (exact) mass is 464 g/mol. The zero-order chi connectivity index (χ0) is 24.1. The minimum absolute atomic E-state index is 0.162. The fraction of sp³-hybridized carbons (Fsp3) is 0.722. The molecule has 0 saturated carbocycles. The number of nitrogens with two attached hydrogens (primary N) is 1. The van der Waals surface area contributed by atoms with Crippen molar-refractivity contribution in [2.24, 2.45) is 11.7 Å². The molecule has 0 radical (unpaired) electrons. The number of carbonyl (C=O) groups is 5. The zero-order valence-corrected chi connectivity index (χ0v) is 18.6. The number of carboxylic acids is 2. The summed E-state index contributed by atoms with van der Waals surface area (Å²) in [5, 5.41) is 34.0. The van der Waals surface area contributed by atoms with Crippen molar-refractivity contribution < 1.29 is 39.3 Å². The Bertz CT molecular complexity index is 646. The molecule has 0 heterocycles. The Morgan fingerprint density at radius 3 is 1.87 bits per heavy atom. The third-order valence-electron chi connectivity index (χ3n) is 4.11. The summed E-state index contributed by atoms with van der Waals surface area (Å²) in [6.45, 7) is 2.92. The van der Waals surface area contributed by atoms with Gasteiger partial charge in [-0.3, -0.25) is 19.2 Å². The van der Waals surface area contributed by atoms with Crippen molar-refractivity contribution in [3.8, 4) is 0 Å². The lowest BCUT2D eigenvalue weighted by Gasteiger charge is -2.24. The number of carbonyl (C=O) groups excluding carboxylic acids is 3. The van der Waals surface area contributed by atoms with Gasteiger partial charge in [0.1, 0.15) is 18.1 Å². The third-order valence-corrected chi connectivity index (χ3v) is 4.76. The van der Waals surface area contributed by atoms with Crippen LogP contribution in [0.15, 0.2) is 0 Å². The fourth-order valence-corrected chi connectivity index (χ4v) is 2.98. The van der Waals surface area contributed by atoms with Crippen molar-refractivity contribution in [2.45, 2.75) is 57.3 Å². The summed E-state index contributed by atoms with van der Waals surface area (Å²) in [5.41, 5.74) is 5.84. The smallest absolute Gasteiger partial charge is 0.326 e. The van der Waals surface area contributed by atoms with Gasteiger partial charge in [-0.1, -0.05) is 13.8 Å². The summed E-state index contributed by atoms with van der Waals surface area (Å²) < 4.78 is 0. The van der Waals surface area contributed by atoms with Crippen molar-refractivity contribution in [3.05, 3.63) is 0 Å². The van der Waals surface area contributed by atoms with Crippen LogP contribution in [0.5, 0.6) is 0 Å². The molecule has 0 aliphatic carbocycles. The van der Waals surface area contributed by atoms with E-state index in [1.54, 1.807) is 6.26 Å². The first-order valence-corrected chi connectivity index (χ1v) is 11.0. The second-order valence-corrected chi connectivity index (χ2v) is 8.31. The lowest BCUT2D eigenvalue weighted by molar-refractivity contribution is -0.147. The number of thioether (sulfide) groups is 1. The van der Waals surface area contributed by atoms with Crippen molar-refractivity contribution >= 4 is 41.4 Å². The molecule has 0 aromatic carbocycles. The maximum Gasteiger partial charge on any atom is 0.326 e. The summed E-state index contributed by atoms with van der Waals surface area (Å²) in [6, 6.07) is -5.14. The van der Waals surface area contributed by atoms with Crippen LogP contribution in [0.4, 0.5) is 0 Å². The number of aliphatic hydroxyl groups excluding tert-OH is 1. The van der Waals surface area contributed by atoms with E-state index in [4.69, 9.17) is 15.9 Å². The lowest BCUT2D eigenvalue weighted by Crippen LogP contribution is -2.58. The average molecular weight is 465 g/mol. The molecular weight excluding hydrogens is 432 g/mol. The van der Waals surface area contributed by atoms with Crippen LogP contribution < -0.4 is 21.7 Å². The summed E-state index contributed by atoms with van der Waals surface area (Å²) in [6.07, 6.45) is 1.56.